The molecule has 3 aromatic rings. The van der Waals surface area contributed by atoms with Crippen LogP contribution in [0.2, 0.25) is 0 Å². The van der Waals surface area contributed by atoms with Crippen molar-refractivity contribution in [3.05, 3.63) is 50.9 Å². The highest BCUT2D eigenvalue weighted by Gasteiger charge is 2.55. The average Bonchev–Trinajstić information content (AvgIpc) is 3.46. The molecule has 2 heterocycles. The molecule has 0 bridgehead atoms. The molecule has 182 valence electrons. The lowest BCUT2D eigenvalue weighted by Gasteiger charge is -2.26. The van der Waals surface area contributed by atoms with Crippen molar-refractivity contribution >= 4 is 39.5 Å². The first-order chi connectivity index (χ1) is 16.5. The highest BCUT2D eigenvalue weighted by Crippen LogP contribution is 2.49. The lowest BCUT2D eigenvalue weighted by molar-refractivity contribution is -0.147. The van der Waals surface area contributed by atoms with Gasteiger partial charge in [-0.3, -0.25) is 19.2 Å². The summed E-state index contributed by atoms with van der Waals surface area (Å²) in [6.45, 7) is 5.00. The summed E-state index contributed by atoms with van der Waals surface area (Å²) in [5, 5.41) is 21.3. The predicted molar refractivity (Wildman–Crippen MR) is 124 cm³/mol. The summed E-state index contributed by atoms with van der Waals surface area (Å²) in [6, 6.07) is 4.39. The molecule has 0 spiro atoms. The minimum atomic E-state index is -1.15. The van der Waals surface area contributed by atoms with Crippen molar-refractivity contribution in [3.63, 3.8) is 0 Å². The fourth-order valence-electron chi connectivity index (χ4n) is 5.21. The van der Waals surface area contributed by atoms with Crippen LogP contribution in [0.15, 0.2) is 27.4 Å². The van der Waals surface area contributed by atoms with E-state index in [4.69, 9.17) is 13.9 Å². The van der Waals surface area contributed by atoms with E-state index in [0.717, 1.165) is 0 Å². The molecule has 0 saturated carbocycles. The molecule has 5 rings (SSSR count). The Balaban J connectivity index is 1.87. The fraction of sp³-hybridized carbons (Fsp3) is 0.385. The highest BCUT2D eigenvalue weighted by atomic mass is 16.6. The summed E-state index contributed by atoms with van der Waals surface area (Å²) in [5.41, 5.74) is -0.737. The number of carbonyl (C=O) groups is 3. The Hall–Kier alpha value is -3.72. The van der Waals surface area contributed by atoms with E-state index in [9.17, 15) is 29.4 Å². The van der Waals surface area contributed by atoms with E-state index in [1.165, 1.54) is 19.1 Å². The third kappa shape index (κ3) is 3.58. The van der Waals surface area contributed by atoms with Gasteiger partial charge in [-0.1, -0.05) is 6.92 Å². The quantitative estimate of drug-likeness (QED) is 0.316. The molecule has 0 amide bonds. The van der Waals surface area contributed by atoms with Crippen molar-refractivity contribution in [3.8, 4) is 5.75 Å². The van der Waals surface area contributed by atoms with Crippen LogP contribution in [0, 0.1) is 0 Å². The molecule has 3 unspecified atom stereocenters. The van der Waals surface area contributed by atoms with E-state index >= 15 is 0 Å². The molecule has 1 fully saturated rings. The normalized spacial score (nSPS) is 23.3. The van der Waals surface area contributed by atoms with Gasteiger partial charge in [0.2, 0.25) is 0 Å². The van der Waals surface area contributed by atoms with Crippen LogP contribution in [-0.2, 0) is 31.1 Å². The van der Waals surface area contributed by atoms with Gasteiger partial charge in [-0.25, -0.2) is 0 Å². The minimum absolute atomic E-state index is 0.00413. The van der Waals surface area contributed by atoms with Crippen LogP contribution in [0.5, 0.6) is 5.75 Å². The summed E-state index contributed by atoms with van der Waals surface area (Å²) < 4.78 is 17.3. The maximum Gasteiger partial charge on any atom is 0.307 e. The van der Waals surface area contributed by atoms with Crippen molar-refractivity contribution in [2.24, 2.45) is 0 Å². The van der Waals surface area contributed by atoms with Crippen LogP contribution in [0.3, 0.4) is 0 Å². The number of ether oxygens (including phenoxy) is 2. The number of rotatable bonds is 5. The fourth-order valence-corrected chi connectivity index (χ4v) is 5.21. The first kappa shape index (κ1) is 23.0. The minimum Gasteiger partial charge on any atom is -0.506 e. The van der Waals surface area contributed by atoms with Gasteiger partial charge in [0.25, 0.3) is 0 Å². The topological polar surface area (TPSA) is 144 Å². The number of carboxylic acid groups (broad SMARTS) is 1. The molecule has 1 aliphatic carbocycles. The third-order valence-electron chi connectivity index (χ3n) is 6.90. The largest absolute Gasteiger partial charge is 0.506 e. The van der Waals surface area contributed by atoms with Crippen LogP contribution in [0.4, 0.5) is 0 Å². The van der Waals surface area contributed by atoms with Gasteiger partial charge < -0.3 is 24.1 Å². The average molecular weight is 480 g/mol. The lowest BCUT2D eigenvalue weighted by atomic mass is 9.84. The number of hydrogen-bond acceptors (Lipinski definition) is 8. The number of phenolic OH excluding ortho intramolecular Hbond substituents is 1. The van der Waals surface area contributed by atoms with E-state index in [0.29, 0.717) is 17.4 Å². The predicted octanol–water partition coefficient (Wildman–Crippen LogP) is 3.88. The molecule has 2 aliphatic rings. The molecule has 1 saturated heterocycles. The zero-order chi connectivity index (χ0) is 25.2. The second kappa shape index (κ2) is 7.91. The van der Waals surface area contributed by atoms with Gasteiger partial charge >= 0.3 is 11.9 Å². The van der Waals surface area contributed by atoms with Gasteiger partial charge in [0, 0.05) is 25.0 Å². The van der Waals surface area contributed by atoms with Crippen LogP contribution >= 0.6 is 0 Å². The maximum atomic E-state index is 13.2. The first-order valence-corrected chi connectivity index (χ1v) is 11.4. The van der Waals surface area contributed by atoms with Gasteiger partial charge in [0.1, 0.15) is 28.8 Å². The Kier molecular flexibility index (Phi) is 5.21. The van der Waals surface area contributed by atoms with Crippen molar-refractivity contribution < 1.29 is 38.5 Å². The van der Waals surface area contributed by atoms with Gasteiger partial charge in [0.15, 0.2) is 11.2 Å². The number of fused-ring (bicyclic) bond motifs is 4. The lowest BCUT2D eigenvalue weighted by Crippen LogP contribution is -2.20. The molecule has 35 heavy (non-hydrogen) atoms. The van der Waals surface area contributed by atoms with E-state index in [-0.39, 0.29) is 63.7 Å². The number of carbonyl (C=O) groups excluding carboxylic acids is 2. The summed E-state index contributed by atoms with van der Waals surface area (Å²) in [7, 11) is 0. The second-order valence-electron chi connectivity index (χ2n) is 9.25. The molecule has 2 N–H and O–H groups in total. The number of Topliss-reactive ketones (excluding diaryl/α,β-unsaturated/α-hetero) is 1. The SMILES string of the molecule is CCC1OC1(C)c1cc(=O)c2c(CC(=O)O)cc3cc4c(c(O)c3c2o1)C(=O)CCC4OC(C)=O. The number of benzene rings is 2. The van der Waals surface area contributed by atoms with E-state index in [1.807, 2.05) is 6.92 Å². The summed E-state index contributed by atoms with van der Waals surface area (Å²) in [4.78, 5) is 49.3. The molecular weight excluding hydrogens is 456 g/mol. The van der Waals surface area contributed by atoms with Crippen molar-refractivity contribution in [2.75, 3.05) is 0 Å². The standard InChI is InChI=1S/C26H24O9/c1-4-18-26(3,35-18)19-10-16(29)21-13(9-20(30)31)7-12-8-14-17(33-11(2)27)6-5-15(28)23(14)24(32)22(12)25(21)34-19/h7-8,10,17-18,32H,4-6,9H2,1-3H3,(H,30,31). The second-order valence-corrected chi connectivity index (χ2v) is 9.25. The number of carboxylic acids is 1. The van der Waals surface area contributed by atoms with Gasteiger partial charge in [0.05, 0.1) is 28.9 Å². The monoisotopic (exact) mass is 480 g/mol. The maximum absolute atomic E-state index is 13.2. The summed E-state index contributed by atoms with van der Waals surface area (Å²) >= 11 is 0. The molecule has 1 aromatic heterocycles. The first-order valence-electron chi connectivity index (χ1n) is 11.4. The van der Waals surface area contributed by atoms with Crippen molar-refractivity contribution in [1.82, 2.24) is 0 Å². The zero-order valence-electron chi connectivity index (χ0n) is 19.5. The zero-order valence-corrected chi connectivity index (χ0v) is 19.5. The molecule has 0 radical (unpaired) electrons. The highest BCUT2D eigenvalue weighted by molar-refractivity contribution is 6.15. The molecular formula is C26H24O9. The number of esters is 1. The number of epoxide rings is 1. The molecule has 3 atom stereocenters. The van der Waals surface area contributed by atoms with Gasteiger partial charge in [-0.05, 0) is 42.8 Å². The summed E-state index contributed by atoms with van der Waals surface area (Å²) in [6.07, 6.45) is -0.313. The van der Waals surface area contributed by atoms with Crippen LogP contribution < -0.4 is 5.43 Å². The van der Waals surface area contributed by atoms with Gasteiger partial charge in [-0.2, -0.15) is 0 Å². The number of ketones is 1. The van der Waals surface area contributed by atoms with Crippen LogP contribution in [0.25, 0.3) is 21.7 Å². The Morgan fingerprint density at radius 1 is 1.20 bits per heavy atom. The Labute approximate surface area is 199 Å². The van der Waals surface area contributed by atoms with E-state index < -0.39 is 35.5 Å². The van der Waals surface area contributed by atoms with Crippen LogP contribution in [0.1, 0.15) is 73.4 Å². The van der Waals surface area contributed by atoms with Gasteiger partial charge in [-0.15, -0.1) is 0 Å². The van der Waals surface area contributed by atoms with Crippen molar-refractivity contribution in [2.45, 2.75) is 64.3 Å². The van der Waals surface area contributed by atoms with Crippen molar-refractivity contribution in [1.29, 1.82) is 0 Å². The van der Waals surface area contributed by atoms with E-state index in [2.05, 4.69) is 0 Å². The Bertz CT molecular complexity index is 1500. The number of phenols is 1. The number of hydrogen-bond donors (Lipinski definition) is 2. The van der Waals surface area contributed by atoms with Crippen LogP contribution in [-0.4, -0.2) is 34.0 Å². The molecule has 1 aliphatic heterocycles. The Morgan fingerprint density at radius 2 is 1.94 bits per heavy atom. The number of aromatic hydroxyl groups is 1. The molecule has 2 aromatic carbocycles. The third-order valence-corrected chi connectivity index (χ3v) is 6.90. The molecule has 9 heteroatoms. The smallest absolute Gasteiger partial charge is 0.307 e. The van der Waals surface area contributed by atoms with E-state index in [1.54, 1.807) is 13.0 Å². The number of aliphatic carboxylic acids is 1. The Morgan fingerprint density at radius 3 is 2.57 bits per heavy atom. The summed E-state index contributed by atoms with van der Waals surface area (Å²) in [5.74, 6) is -2.13. The molecule has 9 nitrogen and oxygen atoms in total.